The van der Waals surface area contributed by atoms with E-state index in [4.69, 9.17) is 29.2 Å². The van der Waals surface area contributed by atoms with Crippen LogP contribution in [-0.4, -0.2) is 75.1 Å². The van der Waals surface area contributed by atoms with Crippen molar-refractivity contribution in [3.8, 4) is 0 Å². The fraction of sp³-hybridized carbons (Fsp3) is 0.583. The number of nitrogens with one attached hydrogen (secondary N) is 1. The van der Waals surface area contributed by atoms with Crippen LogP contribution in [0.5, 0.6) is 0 Å². The van der Waals surface area contributed by atoms with Crippen LogP contribution in [0.1, 0.15) is 53.9 Å². The van der Waals surface area contributed by atoms with Crippen molar-refractivity contribution in [3.05, 3.63) is 47.2 Å². The number of hydrogen-bond donors (Lipinski definition) is 3. The van der Waals surface area contributed by atoms with Crippen LogP contribution in [0, 0.1) is 0 Å². The highest BCUT2D eigenvalue weighted by molar-refractivity contribution is 5.91. The van der Waals surface area contributed by atoms with Crippen LogP contribution in [0.15, 0.2) is 36.1 Å². The van der Waals surface area contributed by atoms with Crippen LogP contribution >= 0.6 is 0 Å². The Kier molecular flexibility index (Phi) is 12.5. The molecule has 0 spiro atoms. The molecule has 1 heterocycles. The minimum absolute atomic E-state index is 0.0589. The molecule has 1 aromatic rings. The van der Waals surface area contributed by atoms with Crippen molar-refractivity contribution in [2.24, 2.45) is 0 Å². The molecule has 0 aliphatic carbocycles. The van der Waals surface area contributed by atoms with Crippen LogP contribution in [0.3, 0.4) is 0 Å². The molecule has 0 saturated carbocycles. The Balaban J connectivity index is 2.02. The van der Waals surface area contributed by atoms with Gasteiger partial charge < -0.3 is 34.5 Å². The van der Waals surface area contributed by atoms with Crippen molar-refractivity contribution >= 4 is 11.9 Å². The number of unbranched alkanes of at least 4 members (excludes halogenated alkanes) is 3. The van der Waals surface area contributed by atoms with E-state index in [1.807, 2.05) is 12.1 Å². The monoisotopic (exact) mass is 465 g/mol. The molecule has 2 rings (SSSR count). The molecule has 1 aliphatic heterocycles. The lowest BCUT2D eigenvalue weighted by molar-refractivity contribution is -0.151. The lowest BCUT2D eigenvalue weighted by Gasteiger charge is -2.29. The molecule has 0 saturated heterocycles. The van der Waals surface area contributed by atoms with Crippen molar-refractivity contribution in [1.82, 2.24) is 5.32 Å². The van der Waals surface area contributed by atoms with E-state index in [1.54, 1.807) is 18.2 Å². The van der Waals surface area contributed by atoms with Crippen LogP contribution < -0.4 is 5.32 Å². The summed E-state index contributed by atoms with van der Waals surface area (Å²) >= 11 is 0. The molecule has 9 nitrogen and oxygen atoms in total. The molecule has 1 amide bonds. The SMILES string of the molecule is COC(=O)c1ccc([C@@H]2C=C(C(=O)NCCCCCCO)O[C@H](OCCOCCO)C2)cc1. The van der Waals surface area contributed by atoms with Crippen LogP contribution in [0.2, 0.25) is 0 Å². The number of rotatable bonds is 15. The first kappa shape index (κ1) is 26.8. The van der Waals surface area contributed by atoms with Crippen LogP contribution in [0.25, 0.3) is 0 Å². The normalized spacial score (nSPS) is 17.7. The molecular weight excluding hydrogens is 430 g/mol. The molecule has 33 heavy (non-hydrogen) atoms. The zero-order chi connectivity index (χ0) is 23.9. The first-order chi connectivity index (χ1) is 16.1. The standard InChI is InChI=1S/C24H35NO8/c1-30-24(29)19-8-6-18(7-9-19)20-16-21(23(28)25-10-4-2-3-5-11-26)33-22(17-20)32-15-14-31-13-12-27/h6-9,16,20,22,26-27H,2-5,10-15,17H2,1H3,(H,25,28)/t20-,22+/m1/s1. The second kappa shape index (κ2) is 15.4. The lowest BCUT2D eigenvalue weighted by atomic mass is 9.92. The Hall–Kier alpha value is -2.46. The number of carbonyl (C=O) groups is 2. The van der Waals surface area contributed by atoms with Gasteiger partial charge in [0.2, 0.25) is 6.29 Å². The third-order valence-corrected chi connectivity index (χ3v) is 5.18. The van der Waals surface area contributed by atoms with Crippen molar-refractivity contribution in [2.45, 2.75) is 44.3 Å². The molecule has 1 aromatic carbocycles. The Morgan fingerprint density at radius 3 is 2.48 bits per heavy atom. The first-order valence-electron chi connectivity index (χ1n) is 11.3. The van der Waals surface area contributed by atoms with Gasteiger partial charge in [0.25, 0.3) is 5.91 Å². The van der Waals surface area contributed by atoms with E-state index in [1.165, 1.54) is 7.11 Å². The van der Waals surface area contributed by atoms with E-state index in [2.05, 4.69) is 5.32 Å². The van der Waals surface area contributed by atoms with Crippen molar-refractivity contribution in [1.29, 1.82) is 0 Å². The Morgan fingerprint density at radius 1 is 1.03 bits per heavy atom. The smallest absolute Gasteiger partial charge is 0.337 e. The molecule has 0 fully saturated rings. The number of benzene rings is 1. The number of aliphatic hydroxyl groups excluding tert-OH is 2. The summed E-state index contributed by atoms with van der Waals surface area (Å²) in [6.07, 6.45) is 5.06. The summed E-state index contributed by atoms with van der Waals surface area (Å²) in [5, 5.41) is 20.5. The van der Waals surface area contributed by atoms with Gasteiger partial charge in [0.05, 0.1) is 39.1 Å². The number of aliphatic hydroxyl groups is 2. The van der Waals surface area contributed by atoms with E-state index < -0.39 is 12.3 Å². The van der Waals surface area contributed by atoms with Gasteiger partial charge in [0, 0.05) is 25.5 Å². The van der Waals surface area contributed by atoms with E-state index in [0.717, 1.165) is 31.2 Å². The van der Waals surface area contributed by atoms with E-state index in [0.29, 0.717) is 25.1 Å². The second-order valence-corrected chi connectivity index (χ2v) is 7.63. The summed E-state index contributed by atoms with van der Waals surface area (Å²) in [5.74, 6) is -0.663. The number of ether oxygens (including phenoxy) is 4. The average molecular weight is 466 g/mol. The number of methoxy groups -OCH3 is 1. The number of allylic oxidation sites excluding steroid dienone is 1. The summed E-state index contributed by atoms with van der Waals surface area (Å²) in [6.45, 7) is 1.44. The Morgan fingerprint density at radius 2 is 1.79 bits per heavy atom. The summed E-state index contributed by atoms with van der Waals surface area (Å²) < 4.78 is 21.5. The lowest BCUT2D eigenvalue weighted by Crippen LogP contribution is -2.33. The molecule has 0 bridgehead atoms. The minimum Gasteiger partial charge on any atom is -0.465 e. The maximum absolute atomic E-state index is 12.7. The fourth-order valence-corrected chi connectivity index (χ4v) is 3.42. The van der Waals surface area contributed by atoms with Crippen LogP contribution in [-0.2, 0) is 23.7 Å². The van der Waals surface area contributed by atoms with Gasteiger partial charge >= 0.3 is 5.97 Å². The highest BCUT2D eigenvalue weighted by atomic mass is 16.7. The van der Waals surface area contributed by atoms with Gasteiger partial charge in [-0.15, -0.1) is 0 Å². The molecule has 2 atom stereocenters. The molecule has 9 heteroatoms. The fourth-order valence-electron chi connectivity index (χ4n) is 3.42. The molecule has 1 aliphatic rings. The Labute approximate surface area is 194 Å². The van der Waals surface area contributed by atoms with Gasteiger partial charge in [-0.2, -0.15) is 0 Å². The summed E-state index contributed by atoms with van der Waals surface area (Å²) in [6, 6.07) is 7.04. The predicted molar refractivity (Wildman–Crippen MR) is 121 cm³/mol. The van der Waals surface area contributed by atoms with Crippen molar-refractivity contribution in [3.63, 3.8) is 0 Å². The number of carbonyl (C=O) groups excluding carboxylic acids is 2. The number of amides is 1. The average Bonchev–Trinajstić information content (AvgIpc) is 2.85. The van der Waals surface area contributed by atoms with E-state index >= 15 is 0 Å². The van der Waals surface area contributed by atoms with Gasteiger partial charge in [-0.3, -0.25) is 4.79 Å². The molecule has 3 N–H and O–H groups in total. The quantitative estimate of drug-likeness (QED) is 0.265. The molecule has 0 radical (unpaired) electrons. The van der Waals surface area contributed by atoms with Gasteiger partial charge in [0.1, 0.15) is 0 Å². The molecule has 184 valence electrons. The summed E-state index contributed by atoms with van der Waals surface area (Å²) in [4.78, 5) is 24.4. The summed E-state index contributed by atoms with van der Waals surface area (Å²) in [7, 11) is 1.33. The highest BCUT2D eigenvalue weighted by Gasteiger charge is 2.28. The first-order valence-corrected chi connectivity index (χ1v) is 11.3. The van der Waals surface area contributed by atoms with Gasteiger partial charge in [-0.05, 0) is 36.6 Å². The molecular formula is C24H35NO8. The molecule has 0 unspecified atom stereocenters. The second-order valence-electron chi connectivity index (χ2n) is 7.63. The van der Waals surface area contributed by atoms with Gasteiger partial charge in [-0.25, -0.2) is 4.79 Å². The van der Waals surface area contributed by atoms with Crippen molar-refractivity contribution < 1.29 is 38.7 Å². The van der Waals surface area contributed by atoms with E-state index in [-0.39, 0.29) is 44.0 Å². The minimum atomic E-state index is -0.636. The molecule has 0 aromatic heterocycles. The maximum Gasteiger partial charge on any atom is 0.337 e. The zero-order valence-electron chi connectivity index (χ0n) is 19.2. The van der Waals surface area contributed by atoms with E-state index in [9.17, 15) is 9.59 Å². The third kappa shape index (κ3) is 9.51. The van der Waals surface area contributed by atoms with Crippen LogP contribution in [0.4, 0.5) is 0 Å². The largest absolute Gasteiger partial charge is 0.465 e. The number of esters is 1. The van der Waals surface area contributed by atoms with Gasteiger partial charge in [-0.1, -0.05) is 25.0 Å². The maximum atomic E-state index is 12.7. The zero-order valence-corrected chi connectivity index (χ0v) is 19.2. The number of hydrogen-bond acceptors (Lipinski definition) is 8. The topological polar surface area (TPSA) is 124 Å². The highest BCUT2D eigenvalue weighted by Crippen LogP contribution is 2.31. The Bertz CT molecular complexity index is 749. The van der Waals surface area contributed by atoms with Crippen molar-refractivity contribution in [2.75, 3.05) is 46.7 Å². The van der Waals surface area contributed by atoms with Gasteiger partial charge in [0.15, 0.2) is 5.76 Å². The predicted octanol–water partition coefficient (Wildman–Crippen LogP) is 1.88. The summed E-state index contributed by atoms with van der Waals surface area (Å²) in [5.41, 5.74) is 1.37. The third-order valence-electron chi connectivity index (χ3n) is 5.18.